The summed E-state index contributed by atoms with van der Waals surface area (Å²) in [4.78, 5) is 13.3. The average Bonchev–Trinajstić information content (AvgIpc) is 3.49. The SMILES string of the molecule is COc1ccc(-c2nnc(SCC(=O)N/N=C/c3ccc(Br)s3)n2-c2ccc(OC)cc2)cc1. The summed E-state index contributed by atoms with van der Waals surface area (Å²) in [5.41, 5.74) is 4.26. The van der Waals surface area contributed by atoms with Gasteiger partial charge in [-0.25, -0.2) is 5.43 Å². The van der Waals surface area contributed by atoms with Crippen LogP contribution in [0.25, 0.3) is 17.1 Å². The molecule has 4 aromatic rings. The van der Waals surface area contributed by atoms with E-state index in [1.165, 1.54) is 23.1 Å². The highest BCUT2D eigenvalue weighted by molar-refractivity contribution is 9.11. The van der Waals surface area contributed by atoms with Crippen LogP contribution in [0.5, 0.6) is 11.5 Å². The Morgan fingerprint density at radius 3 is 2.35 bits per heavy atom. The zero-order valence-electron chi connectivity index (χ0n) is 18.3. The van der Waals surface area contributed by atoms with Gasteiger partial charge in [-0.2, -0.15) is 5.10 Å². The smallest absolute Gasteiger partial charge is 0.250 e. The number of nitrogens with zero attached hydrogens (tertiary/aromatic N) is 4. The van der Waals surface area contributed by atoms with Crippen LogP contribution < -0.4 is 14.9 Å². The molecule has 2 heterocycles. The minimum Gasteiger partial charge on any atom is -0.497 e. The molecule has 0 bridgehead atoms. The van der Waals surface area contributed by atoms with E-state index in [9.17, 15) is 4.79 Å². The number of thioether (sulfide) groups is 1. The fraction of sp³-hybridized carbons (Fsp3) is 0.130. The van der Waals surface area contributed by atoms with Crippen molar-refractivity contribution in [1.82, 2.24) is 20.2 Å². The maximum absolute atomic E-state index is 12.4. The number of methoxy groups -OCH3 is 2. The summed E-state index contributed by atoms with van der Waals surface area (Å²) in [5, 5.41) is 13.3. The van der Waals surface area contributed by atoms with Crippen molar-refractivity contribution < 1.29 is 14.3 Å². The molecule has 0 unspecified atom stereocenters. The third-order valence-corrected chi connectivity index (χ3v) is 7.11. The Morgan fingerprint density at radius 2 is 1.74 bits per heavy atom. The summed E-state index contributed by atoms with van der Waals surface area (Å²) in [6.07, 6.45) is 1.61. The Bertz CT molecular complexity index is 1290. The molecule has 2 aromatic carbocycles. The monoisotopic (exact) mass is 557 g/mol. The largest absolute Gasteiger partial charge is 0.497 e. The summed E-state index contributed by atoms with van der Waals surface area (Å²) < 4.78 is 13.4. The lowest BCUT2D eigenvalue weighted by Gasteiger charge is -2.11. The lowest BCUT2D eigenvalue weighted by atomic mass is 10.2. The van der Waals surface area contributed by atoms with Crippen molar-refractivity contribution in [3.63, 3.8) is 0 Å². The number of rotatable bonds is 9. The van der Waals surface area contributed by atoms with Crippen molar-refractivity contribution in [3.8, 4) is 28.6 Å². The van der Waals surface area contributed by atoms with E-state index < -0.39 is 0 Å². The minimum absolute atomic E-state index is 0.127. The Labute approximate surface area is 213 Å². The van der Waals surface area contributed by atoms with Crippen molar-refractivity contribution in [3.05, 3.63) is 69.3 Å². The molecule has 34 heavy (non-hydrogen) atoms. The predicted octanol–water partition coefficient (Wildman–Crippen LogP) is 5.02. The fourth-order valence-electron chi connectivity index (χ4n) is 2.98. The molecule has 0 aliphatic heterocycles. The van der Waals surface area contributed by atoms with E-state index in [0.29, 0.717) is 11.0 Å². The molecule has 8 nitrogen and oxygen atoms in total. The van der Waals surface area contributed by atoms with E-state index in [4.69, 9.17) is 9.47 Å². The highest BCUT2D eigenvalue weighted by atomic mass is 79.9. The average molecular weight is 558 g/mol. The van der Waals surface area contributed by atoms with Gasteiger partial charge in [0, 0.05) is 16.1 Å². The van der Waals surface area contributed by atoms with Gasteiger partial charge in [0.2, 0.25) is 0 Å². The number of thiophene rings is 1. The maximum Gasteiger partial charge on any atom is 0.250 e. The third-order valence-electron chi connectivity index (χ3n) is 4.62. The molecule has 0 saturated carbocycles. The van der Waals surface area contributed by atoms with Crippen LogP contribution in [-0.4, -0.2) is 46.9 Å². The van der Waals surface area contributed by atoms with E-state index in [1.807, 2.05) is 65.2 Å². The second kappa shape index (κ2) is 11.3. The van der Waals surface area contributed by atoms with Gasteiger partial charge < -0.3 is 9.47 Å². The van der Waals surface area contributed by atoms with Gasteiger partial charge in [-0.15, -0.1) is 21.5 Å². The molecule has 0 aliphatic carbocycles. The van der Waals surface area contributed by atoms with E-state index >= 15 is 0 Å². The Kier molecular flexibility index (Phi) is 7.99. The molecular weight excluding hydrogens is 538 g/mol. The van der Waals surface area contributed by atoms with Crippen molar-refractivity contribution in [2.75, 3.05) is 20.0 Å². The van der Waals surface area contributed by atoms with E-state index in [2.05, 4.69) is 36.7 Å². The Hall–Kier alpha value is -3.15. The molecule has 4 rings (SSSR count). The first kappa shape index (κ1) is 24.0. The zero-order chi connectivity index (χ0) is 23.9. The number of ether oxygens (including phenoxy) is 2. The molecule has 0 saturated heterocycles. The second-order valence-corrected chi connectivity index (χ2v) is 10.2. The maximum atomic E-state index is 12.4. The van der Waals surface area contributed by atoms with E-state index in [1.54, 1.807) is 20.4 Å². The minimum atomic E-state index is -0.243. The number of hydrogen-bond acceptors (Lipinski definition) is 8. The van der Waals surface area contributed by atoms with Gasteiger partial charge in [0.1, 0.15) is 11.5 Å². The number of aromatic nitrogens is 3. The van der Waals surface area contributed by atoms with Gasteiger partial charge >= 0.3 is 0 Å². The predicted molar refractivity (Wildman–Crippen MR) is 138 cm³/mol. The van der Waals surface area contributed by atoms with Crippen LogP contribution in [0.15, 0.2) is 74.7 Å². The molecule has 0 spiro atoms. The molecule has 11 heteroatoms. The summed E-state index contributed by atoms with van der Waals surface area (Å²) in [6.45, 7) is 0. The number of carbonyl (C=O) groups is 1. The fourth-order valence-corrected chi connectivity index (χ4v) is 5.02. The molecule has 0 aliphatic rings. The Balaban J connectivity index is 1.54. The first-order valence-electron chi connectivity index (χ1n) is 10.0. The number of amides is 1. The normalized spacial score (nSPS) is 11.0. The summed E-state index contributed by atoms with van der Waals surface area (Å²) in [5.74, 6) is 2.03. The molecular formula is C23H20BrN5O3S2. The molecule has 0 fully saturated rings. The molecule has 1 N–H and O–H groups in total. The molecule has 174 valence electrons. The van der Waals surface area contributed by atoms with Crippen LogP contribution in [-0.2, 0) is 4.79 Å². The van der Waals surface area contributed by atoms with Crippen LogP contribution in [0, 0.1) is 0 Å². The van der Waals surface area contributed by atoms with Crippen LogP contribution in [0.2, 0.25) is 0 Å². The number of benzene rings is 2. The summed E-state index contributed by atoms with van der Waals surface area (Å²) in [6, 6.07) is 19.0. The van der Waals surface area contributed by atoms with Gasteiger partial charge in [-0.1, -0.05) is 11.8 Å². The molecule has 1 amide bonds. The van der Waals surface area contributed by atoms with Crippen LogP contribution in [0.4, 0.5) is 0 Å². The van der Waals surface area contributed by atoms with Crippen LogP contribution >= 0.6 is 39.0 Å². The molecule has 0 radical (unpaired) electrons. The number of hydrogen-bond donors (Lipinski definition) is 1. The molecule has 2 aromatic heterocycles. The van der Waals surface area contributed by atoms with Crippen molar-refractivity contribution >= 4 is 51.2 Å². The number of nitrogens with one attached hydrogen (secondary N) is 1. The van der Waals surface area contributed by atoms with E-state index in [-0.39, 0.29) is 11.7 Å². The van der Waals surface area contributed by atoms with Gasteiger partial charge in [-0.3, -0.25) is 9.36 Å². The lowest BCUT2D eigenvalue weighted by Crippen LogP contribution is -2.19. The van der Waals surface area contributed by atoms with E-state index in [0.717, 1.165) is 31.4 Å². The van der Waals surface area contributed by atoms with Crippen LogP contribution in [0.3, 0.4) is 0 Å². The highest BCUT2D eigenvalue weighted by Crippen LogP contribution is 2.29. The highest BCUT2D eigenvalue weighted by Gasteiger charge is 2.17. The van der Waals surface area contributed by atoms with Gasteiger partial charge in [0.05, 0.1) is 30.0 Å². The van der Waals surface area contributed by atoms with Gasteiger partial charge in [0.15, 0.2) is 11.0 Å². The zero-order valence-corrected chi connectivity index (χ0v) is 21.5. The van der Waals surface area contributed by atoms with Gasteiger partial charge in [0.25, 0.3) is 5.91 Å². The topological polar surface area (TPSA) is 90.6 Å². The number of carbonyl (C=O) groups excluding carboxylic acids is 1. The van der Waals surface area contributed by atoms with Crippen LogP contribution in [0.1, 0.15) is 4.88 Å². The summed E-state index contributed by atoms with van der Waals surface area (Å²) in [7, 11) is 3.24. The third kappa shape index (κ3) is 5.85. The first-order valence-corrected chi connectivity index (χ1v) is 12.6. The quantitative estimate of drug-likeness (QED) is 0.176. The number of hydrazone groups is 1. The standard InChI is InChI=1S/C23H20BrN5O3S2/c1-31-17-7-3-15(4-8-17)22-27-28-23(29(22)16-5-9-18(32-2)10-6-16)33-14-21(30)26-25-13-19-11-12-20(24)34-19/h3-13H,14H2,1-2H3,(H,26,30)/b25-13+. The van der Waals surface area contributed by atoms with Crippen molar-refractivity contribution in [2.24, 2.45) is 5.10 Å². The van der Waals surface area contributed by atoms with Gasteiger partial charge in [-0.05, 0) is 76.6 Å². The first-order chi connectivity index (χ1) is 16.6. The lowest BCUT2D eigenvalue weighted by molar-refractivity contribution is -0.118. The Morgan fingerprint density at radius 1 is 1.06 bits per heavy atom. The van der Waals surface area contributed by atoms with Crippen molar-refractivity contribution in [1.29, 1.82) is 0 Å². The molecule has 0 atom stereocenters. The summed E-state index contributed by atoms with van der Waals surface area (Å²) >= 11 is 6.20. The number of halogens is 1. The van der Waals surface area contributed by atoms with Crippen molar-refractivity contribution in [2.45, 2.75) is 5.16 Å². The second-order valence-electron chi connectivity index (χ2n) is 6.79.